The van der Waals surface area contributed by atoms with Crippen LogP contribution < -0.4 is 0 Å². The Kier molecular flexibility index (Phi) is 4.72. The molecule has 1 aromatic rings. The van der Waals surface area contributed by atoms with Gasteiger partial charge in [0.05, 0.1) is 11.1 Å². The van der Waals surface area contributed by atoms with E-state index in [1.165, 1.54) is 0 Å². The Hall–Kier alpha value is -1.28. The molecule has 1 atom stereocenters. The van der Waals surface area contributed by atoms with Crippen LogP contribution in [0.15, 0.2) is 18.2 Å². The highest BCUT2D eigenvalue weighted by Crippen LogP contribution is 2.37. The number of aliphatic hydroxyl groups excluding tert-OH is 1. The Morgan fingerprint density at radius 1 is 1.09 bits per heavy atom. The first kappa shape index (κ1) is 17.1. The molecule has 1 N–H and O–H groups in total. The number of halogens is 6. The van der Waals surface area contributed by atoms with Crippen LogP contribution in [-0.2, 0) is 18.9 Å². The topological polar surface area (TPSA) is 23.5 Å². The summed E-state index contributed by atoms with van der Waals surface area (Å²) in [6.07, 6.45) is -8.76. The van der Waals surface area contributed by atoms with E-state index in [0.717, 1.165) is 0 Å². The van der Waals surface area contributed by atoms with Crippen molar-refractivity contribution in [3.05, 3.63) is 34.9 Å². The van der Waals surface area contributed by atoms with Gasteiger partial charge >= 0.3 is 12.4 Å². The van der Waals surface area contributed by atoms with Crippen molar-refractivity contribution in [2.75, 3.05) is 19.7 Å². The first-order valence-corrected chi connectivity index (χ1v) is 6.72. The van der Waals surface area contributed by atoms with Crippen molar-refractivity contribution in [2.24, 2.45) is 5.92 Å². The minimum atomic E-state index is -4.70. The quantitative estimate of drug-likeness (QED) is 0.859. The Labute approximate surface area is 123 Å². The van der Waals surface area contributed by atoms with Crippen LogP contribution in [0, 0.1) is 5.92 Å². The summed E-state index contributed by atoms with van der Waals surface area (Å²) in [6.45, 7) is 0.545. The maximum atomic E-state index is 13.0. The predicted molar refractivity (Wildman–Crippen MR) is 66.9 cm³/mol. The highest BCUT2D eigenvalue weighted by molar-refractivity contribution is 5.35. The second kappa shape index (κ2) is 6.08. The Balaban J connectivity index is 2.30. The van der Waals surface area contributed by atoms with Crippen LogP contribution >= 0.6 is 0 Å². The zero-order chi connectivity index (χ0) is 16.5. The van der Waals surface area contributed by atoms with E-state index in [4.69, 9.17) is 5.11 Å². The largest absolute Gasteiger partial charge is 0.416 e. The number of rotatable bonds is 3. The molecule has 1 heterocycles. The fourth-order valence-corrected chi connectivity index (χ4v) is 2.62. The lowest BCUT2D eigenvalue weighted by molar-refractivity contribution is -0.142. The fourth-order valence-electron chi connectivity index (χ4n) is 2.62. The highest BCUT2D eigenvalue weighted by atomic mass is 19.4. The lowest BCUT2D eigenvalue weighted by Crippen LogP contribution is -2.23. The van der Waals surface area contributed by atoms with Crippen LogP contribution in [0.4, 0.5) is 26.3 Å². The zero-order valence-electron chi connectivity index (χ0n) is 11.5. The number of benzene rings is 1. The Bertz CT molecular complexity index is 525. The van der Waals surface area contributed by atoms with Crippen molar-refractivity contribution in [3.8, 4) is 0 Å². The van der Waals surface area contributed by atoms with Crippen molar-refractivity contribution in [1.29, 1.82) is 0 Å². The molecule has 1 aromatic carbocycles. The number of hydrogen-bond acceptors (Lipinski definition) is 2. The lowest BCUT2D eigenvalue weighted by atomic mass is 10.0. The number of aliphatic hydroxyl groups is 1. The molecule has 0 radical (unpaired) electrons. The lowest BCUT2D eigenvalue weighted by Gasteiger charge is -2.20. The molecule has 8 heteroatoms. The van der Waals surface area contributed by atoms with Gasteiger partial charge in [-0.05, 0) is 42.6 Å². The third kappa shape index (κ3) is 3.92. The molecule has 0 amide bonds. The summed E-state index contributed by atoms with van der Waals surface area (Å²) in [7, 11) is 0. The normalized spacial score (nSPS) is 20.6. The number of likely N-dealkylation sites (tertiary alicyclic amines) is 1. The van der Waals surface area contributed by atoms with Crippen LogP contribution in [0.1, 0.15) is 23.1 Å². The summed E-state index contributed by atoms with van der Waals surface area (Å²) in [5.41, 5.74) is -2.53. The van der Waals surface area contributed by atoms with Gasteiger partial charge in [-0.3, -0.25) is 4.90 Å². The fraction of sp³-hybridized carbons (Fsp3) is 0.571. The van der Waals surface area contributed by atoms with Crippen LogP contribution in [0.3, 0.4) is 0 Å². The summed E-state index contributed by atoms with van der Waals surface area (Å²) in [4.78, 5) is 1.63. The average molecular weight is 327 g/mol. The Morgan fingerprint density at radius 2 is 1.77 bits per heavy atom. The molecule has 1 saturated heterocycles. The molecule has 1 unspecified atom stereocenters. The van der Waals surface area contributed by atoms with Gasteiger partial charge in [-0.1, -0.05) is 0 Å². The first-order chi connectivity index (χ1) is 10.1. The van der Waals surface area contributed by atoms with Gasteiger partial charge in [0.1, 0.15) is 0 Å². The molecule has 0 bridgehead atoms. The van der Waals surface area contributed by atoms with E-state index in [-0.39, 0.29) is 24.6 Å². The van der Waals surface area contributed by atoms with Crippen molar-refractivity contribution in [2.45, 2.75) is 25.3 Å². The van der Waals surface area contributed by atoms with E-state index >= 15 is 0 Å². The summed E-state index contributed by atoms with van der Waals surface area (Å²) in [5, 5.41) is 9.03. The first-order valence-electron chi connectivity index (χ1n) is 6.72. The molecular weight excluding hydrogens is 312 g/mol. The average Bonchev–Trinajstić information content (AvgIpc) is 2.84. The van der Waals surface area contributed by atoms with Gasteiger partial charge in [-0.25, -0.2) is 0 Å². The van der Waals surface area contributed by atoms with Crippen molar-refractivity contribution in [1.82, 2.24) is 4.90 Å². The summed E-state index contributed by atoms with van der Waals surface area (Å²) >= 11 is 0. The molecule has 0 spiro atoms. The number of hydrogen-bond donors (Lipinski definition) is 1. The molecule has 2 rings (SSSR count). The van der Waals surface area contributed by atoms with Crippen LogP contribution in [0.2, 0.25) is 0 Å². The van der Waals surface area contributed by atoms with E-state index in [1.54, 1.807) is 4.90 Å². The molecule has 0 saturated carbocycles. The molecule has 124 valence electrons. The van der Waals surface area contributed by atoms with Gasteiger partial charge in [0, 0.05) is 19.7 Å². The second-order valence-electron chi connectivity index (χ2n) is 5.44. The highest BCUT2D eigenvalue weighted by Gasteiger charge is 2.37. The van der Waals surface area contributed by atoms with Gasteiger partial charge in [0.15, 0.2) is 0 Å². The third-order valence-electron chi connectivity index (χ3n) is 3.76. The second-order valence-corrected chi connectivity index (χ2v) is 5.44. The van der Waals surface area contributed by atoms with Gasteiger partial charge in [-0.15, -0.1) is 0 Å². The van der Waals surface area contributed by atoms with Crippen LogP contribution in [0.5, 0.6) is 0 Å². The van der Waals surface area contributed by atoms with Crippen molar-refractivity contribution < 1.29 is 31.4 Å². The standard InChI is InChI=1S/C14H15F6NO/c15-13(16,17)11-1-2-12(14(18,19)20)10(5-11)7-21-4-3-9(6-21)8-22/h1-2,5,9,22H,3-4,6-8H2. The number of nitrogens with zero attached hydrogens (tertiary/aromatic N) is 1. The minimum Gasteiger partial charge on any atom is -0.396 e. The SMILES string of the molecule is OCC1CCN(Cc2cc(C(F)(F)F)ccc2C(F)(F)F)C1. The van der Waals surface area contributed by atoms with E-state index in [1.807, 2.05) is 0 Å². The molecule has 22 heavy (non-hydrogen) atoms. The molecule has 0 aliphatic carbocycles. The minimum absolute atomic E-state index is 0.0415. The van der Waals surface area contributed by atoms with Crippen molar-refractivity contribution >= 4 is 0 Å². The smallest absolute Gasteiger partial charge is 0.396 e. The Morgan fingerprint density at radius 3 is 2.27 bits per heavy atom. The summed E-state index contributed by atoms with van der Waals surface area (Å²) < 4.78 is 77.0. The van der Waals surface area contributed by atoms with Gasteiger partial charge < -0.3 is 5.11 Å². The summed E-state index contributed by atoms with van der Waals surface area (Å²) in [5.74, 6) is -0.0415. The maximum absolute atomic E-state index is 13.0. The monoisotopic (exact) mass is 327 g/mol. The van der Waals surface area contributed by atoms with E-state index in [0.29, 0.717) is 37.7 Å². The van der Waals surface area contributed by atoms with Gasteiger partial charge in [0.2, 0.25) is 0 Å². The van der Waals surface area contributed by atoms with E-state index in [9.17, 15) is 26.3 Å². The third-order valence-corrected chi connectivity index (χ3v) is 3.76. The molecule has 2 nitrogen and oxygen atoms in total. The molecule has 0 aromatic heterocycles. The zero-order valence-corrected chi connectivity index (χ0v) is 11.5. The van der Waals surface area contributed by atoms with E-state index < -0.39 is 23.5 Å². The van der Waals surface area contributed by atoms with Crippen LogP contribution in [-0.4, -0.2) is 29.7 Å². The van der Waals surface area contributed by atoms with Gasteiger partial charge in [0.25, 0.3) is 0 Å². The molecular formula is C14H15F6NO. The maximum Gasteiger partial charge on any atom is 0.416 e. The van der Waals surface area contributed by atoms with E-state index in [2.05, 4.69) is 0 Å². The molecule has 1 aliphatic heterocycles. The summed E-state index contributed by atoms with van der Waals surface area (Å²) in [6, 6.07) is 1.50. The number of alkyl halides is 6. The van der Waals surface area contributed by atoms with Crippen LogP contribution in [0.25, 0.3) is 0 Å². The molecule has 1 aliphatic rings. The molecule has 1 fully saturated rings. The predicted octanol–water partition coefficient (Wildman–Crippen LogP) is 3.54. The van der Waals surface area contributed by atoms with Gasteiger partial charge in [-0.2, -0.15) is 26.3 Å². The van der Waals surface area contributed by atoms with Crippen molar-refractivity contribution in [3.63, 3.8) is 0 Å².